The Labute approximate surface area is 124 Å². The maximum atomic E-state index is 12.9. The zero-order chi connectivity index (χ0) is 15.2. The van der Waals surface area contributed by atoms with Crippen LogP contribution in [0.25, 0.3) is 5.57 Å². The molecule has 1 saturated heterocycles. The van der Waals surface area contributed by atoms with Crippen molar-refractivity contribution in [1.29, 1.82) is 0 Å². The van der Waals surface area contributed by atoms with Crippen LogP contribution >= 0.6 is 0 Å². The number of amides is 1. The van der Waals surface area contributed by atoms with Gasteiger partial charge in [0, 0.05) is 38.8 Å². The van der Waals surface area contributed by atoms with Gasteiger partial charge < -0.3 is 10.0 Å². The van der Waals surface area contributed by atoms with Gasteiger partial charge >= 0.3 is 0 Å². The third-order valence-corrected chi connectivity index (χ3v) is 3.74. The lowest BCUT2D eigenvalue weighted by atomic mass is 10.1. The molecule has 114 valence electrons. The second kappa shape index (κ2) is 7.33. The van der Waals surface area contributed by atoms with Gasteiger partial charge in [-0.25, -0.2) is 4.39 Å². The van der Waals surface area contributed by atoms with Crippen molar-refractivity contribution in [3.8, 4) is 0 Å². The summed E-state index contributed by atoms with van der Waals surface area (Å²) in [5.41, 5.74) is 1.68. The maximum absolute atomic E-state index is 12.9. The Hall–Kier alpha value is -1.72. The van der Waals surface area contributed by atoms with Crippen molar-refractivity contribution in [2.75, 3.05) is 39.3 Å². The van der Waals surface area contributed by atoms with Crippen molar-refractivity contribution in [2.45, 2.75) is 6.92 Å². The minimum absolute atomic E-state index is 0.0135. The van der Waals surface area contributed by atoms with Gasteiger partial charge in [-0.05, 0) is 30.2 Å². The lowest BCUT2D eigenvalue weighted by Gasteiger charge is -2.33. The number of β-amino-alcohol motifs (C(OH)–C–C–N with tert-alkyl or cyclic N) is 1. The SMILES string of the molecule is CC(=CC(=O)N1CCN(CCO)CC1)c1ccc(F)cc1. The zero-order valence-electron chi connectivity index (χ0n) is 12.3. The van der Waals surface area contributed by atoms with Crippen LogP contribution in [0.1, 0.15) is 12.5 Å². The molecule has 0 aromatic heterocycles. The predicted molar refractivity (Wildman–Crippen MR) is 80.2 cm³/mol. The van der Waals surface area contributed by atoms with Crippen molar-refractivity contribution in [3.05, 3.63) is 41.7 Å². The van der Waals surface area contributed by atoms with Gasteiger partial charge in [-0.15, -0.1) is 0 Å². The Bertz CT molecular complexity index is 506. The standard InChI is InChI=1S/C16H21FN2O2/c1-13(14-2-4-15(17)5-3-14)12-16(21)19-8-6-18(7-9-19)10-11-20/h2-5,12,20H,6-11H2,1H3. The van der Waals surface area contributed by atoms with E-state index in [9.17, 15) is 9.18 Å². The molecule has 0 radical (unpaired) electrons. The number of carbonyl (C=O) groups is 1. The summed E-state index contributed by atoms with van der Waals surface area (Å²) in [5.74, 6) is -0.293. The Morgan fingerprint density at radius 3 is 2.43 bits per heavy atom. The van der Waals surface area contributed by atoms with Crippen molar-refractivity contribution < 1.29 is 14.3 Å². The van der Waals surface area contributed by atoms with E-state index in [1.165, 1.54) is 12.1 Å². The molecular formula is C16H21FN2O2. The van der Waals surface area contributed by atoms with Crippen LogP contribution in [0.2, 0.25) is 0 Å². The van der Waals surface area contributed by atoms with Gasteiger partial charge in [-0.1, -0.05) is 12.1 Å². The second-order valence-corrected chi connectivity index (χ2v) is 5.22. The first kappa shape index (κ1) is 15.7. The maximum Gasteiger partial charge on any atom is 0.246 e. The van der Waals surface area contributed by atoms with Crippen molar-refractivity contribution >= 4 is 11.5 Å². The summed E-state index contributed by atoms with van der Waals surface area (Å²) in [7, 11) is 0. The molecule has 5 heteroatoms. The van der Waals surface area contributed by atoms with Gasteiger partial charge in [-0.2, -0.15) is 0 Å². The molecule has 0 bridgehead atoms. The third kappa shape index (κ3) is 4.37. The Balaban J connectivity index is 1.94. The number of halogens is 1. The number of aliphatic hydroxyl groups is 1. The number of hydrogen-bond acceptors (Lipinski definition) is 3. The van der Waals surface area contributed by atoms with Crippen molar-refractivity contribution in [1.82, 2.24) is 9.80 Å². The highest BCUT2D eigenvalue weighted by molar-refractivity contribution is 5.94. The van der Waals surface area contributed by atoms with E-state index in [2.05, 4.69) is 4.90 Å². The molecule has 0 atom stereocenters. The first-order valence-corrected chi connectivity index (χ1v) is 7.16. The predicted octanol–water partition coefficient (Wildman–Crippen LogP) is 1.37. The molecule has 1 heterocycles. The van der Waals surface area contributed by atoms with E-state index in [1.54, 1.807) is 23.1 Å². The van der Waals surface area contributed by atoms with Crippen LogP contribution in [0.4, 0.5) is 4.39 Å². The van der Waals surface area contributed by atoms with E-state index in [0.717, 1.165) is 24.2 Å². The van der Waals surface area contributed by atoms with Crippen LogP contribution in [0, 0.1) is 5.82 Å². The fraction of sp³-hybridized carbons (Fsp3) is 0.438. The third-order valence-electron chi connectivity index (χ3n) is 3.74. The normalized spacial score (nSPS) is 17.1. The summed E-state index contributed by atoms with van der Waals surface area (Å²) in [6.45, 7) is 5.58. The first-order chi connectivity index (χ1) is 10.1. The van der Waals surface area contributed by atoms with E-state index in [0.29, 0.717) is 19.6 Å². The Morgan fingerprint density at radius 2 is 1.86 bits per heavy atom. The smallest absolute Gasteiger partial charge is 0.246 e. The van der Waals surface area contributed by atoms with Crippen LogP contribution in [0.3, 0.4) is 0 Å². The van der Waals surface area contributed by atoms with Crippen LogP contribution in [0.5, 0.6) is 0 Å². The first-order valence-electron chi connectivity index (χ1n) is 7.16. The number of aliphatic hydroxyl groups excluding tert-OH is 1. The fourth-order valence-corrected chi connectivity index (χ4v) is 2.41. The van der Waals surface area contributed by atoms with Gasteiger partial charge in [0.05, 0.1) is 6.61 Å². The Kier molecular flexibility index (Phi) is 5.47. The summed E-state index contributed by atoms with van der Waals surface area (Å²) in [6, 6.07) is 6.14. The average molecular weight is 292 g/mol. The molecule has 0 unspecified atom stereocenters. The molecule has 0 saturated carbocycles. The molecule has 1 aliphatic heterocycles. The molecule has 0 aliphatic carbocycles. The minimum Gasteiger partial charge on any atom is -0.395 e. The van der Waals surface area contributed by atoms with E-state index < -0.39 is 0 Å². The van der Waals surface area contributed by atoms with Crippen molar-refractivity contribution in [3.63, 3.8) is 0 Å². The quantitative estimate of drug-likeness (QED) is 0.852. The summed E-state index contributed by atoms with van der Waals surface area (Å²) < 4.78 is 12.9. The number of nitrogens with zero attached hydrogens (tertiary/aromatic N) is 2. The summed E-state index contributed by atoms with van der Waals surface area (Å²) >= 11 is 0. The molecule has 1 fully saturated rings. The van der Waals surface area contributed by atoms with Crippen molar-refractivity contribution in [2.24, 2.45) is 0 Å². The van der Waals surface area contributed by atoms with Crippen LogP contribution in [0.15, 0.2) is 30.3 Å². The highest BCUT2D eigenvalue weighted by Gasteiger charge is 2.19. The van der Waals surface area contributed by atoms with Gasteiger partial charge in [0.15, 0.2) is 0 Å². The number of rotatable bonds is 4. The monoisotopic (exact) mass is 292 g/mol. The summed E-state index contributed by atoms with van der Waals surface area (Å²) in [4.78, 5) is 16.2. The molecule has 1 N–H and O–H groups in total. The molecule has 1 aromatic carbocycles. The molecule has 2 rings (SSSR count). The van der Waals surface area contributed by atoms with Crippen LogP contribution in [-0.2, 0) is 4.79 Å². The highest BCUT2D eigenvalue weighted by atomic mass is 19.1. The minimum atomic E-state index is -0.280. The van der Waals surface area contributed by atoms with E-state index >= 15 is 0 Å². The molecule has 0 spiro atoms. The van der Waals surface area contributed by atoms with E-state index in [-0.39, 0.29) is 18.3 Å². The lowest BCUT2D eigenvalue weighted by Crippen LogP contribution is -2.48. The topological polar surface area (TPSA) is 43.8 Å². The number of hydrogen-bond donors (Lipinski definition) is 1. The lowest BCUT2D eigenvalue weighted by molar-refractivity contribution is -0.127. The zero-order valence-corrected chi connectivity index (χ0v) is 12.3. The largest absolute Gasteiger partial charge is 0.395 e. The summed E-state index contributed by atoms with van der Waals surface area (Å²) in [5, 5.41) is 8.90. The molecule has 1 aromatic rings. The second-order valence-electron chi connectivity index (χ2n) is 5.22. The van der Waals surface area contributed by atoms with Gasteiger partial charge in [-0.3, -0.25) is 9.69 Å². The number of carbonyl (C=O) groups excluding carboxylic acids is 1. The summed E-state index contributed by atoms with van der Waals surface area (Å²) in [6.07, 6.45) is 1.61. The molecule has 1 amide bonds. The number of benzene rings is 1. The van der Waals surface area contributed by atoms with E-state index in [1.807, 2.05) is 6.92 Å². The van der Waals surface area contributed by atoms with E-state index in [4.69, 9.17) is 5.11 Å². The van der Waals surface area contributed by atoms with Gasteiger partial charge in [0.25, 0.3) is 0 Å². The highest BCUT2D eigenvalue weighted by Crippen LogP contribution is 2.15. The number of piperazine rings is 1. The van der Waals surface area contributed by atoms with Crippen LogP contribution in [-0.4, -0.2) is 60.1 Å². The van der Waals surface area contributed by atoms with Crippen LogP contribution < -0.4 is 0 Å². The fourth-order valence-electron chi connectivity index (χ4n) is 2.41. The average Bonchev–Trinajstić information content (AvgIpc) is 2.49. The molecule has 1 aliphatic rings. The molecule has 21 heavy (non-hydrogen) atoms. The van der Waals surface area contributed by atoms with Gasteiger partial charge in [0.1, 0.15) is 5.82 Å². The van der Waals surface area contributed by atoms with Gasteiger partial charge in [0.2, 0.25) is 5.91 Å². The Morgan fingerprint density at radius 1 is 1.24 bits per heavy atom. The molecule has 4 nitrogen and oxygen atoms in total. The number of allylic oxidation sites excluding steroid dienone is 1. The molecular weight excluding hydrogens is 271 g/mol.